The maximum atomic E-state index is 12.0. The second-order valence-electron chi connectivity index (χ2n) is 4.64. The zero-order chi connectivity index (χ0) is 15.2. The quantitative estimate of drug-likeness (QED) is 0.886. The van der Waals surface area contributed by atoms with Gasteiger partial charge in [0.25, 0.3) is 5.56 Å². The molecular formula is C16H17NO4. The molecule has 1 unspecified atom stereocenters. The van der Waals surface area contributed by atoms with Gasteiger partial charge in [-0.15, -0.1) is 0 Å². The van der Waals surface area contributed by atoms with E-state index in [2.05, 4.69) is 0 Å². The number of nitrogens with zero attached hydrogens (tertiary/aromatic N) is 1. The minimum absolute atomic E-state index is 0.347. The summed E-state index contributed by atoms with van der Waals surface area (Å²) >= 11 is 0. The van der Waals surface area contributed by atoms with Crippen LogP contribution in [0, 0.1) is 0 Å². The fourth-order valence-electron chi connectivity index (χ4n) is 2.05. The first-order valence-electron chi connectivity index (χ1n) is 6.73. The first kappa shape index (κ1) is 14.8. The number of hydrogen-bond acceptors (Lipinski definition) is 3. The van der Waals surface area contributed by atoms with Gasteiger partial charge in [0.1, 0.15) is 18.4 Å². The number of carbonyl (C=O) groups is 1. The number of hydrogen-bond donors (Lipinski definition) is 1. The van der Waals surface area contributed by atoms with E-state index in [1.54, 1.807) is 13.0 Å². The number of carboxylic acids is 1. The average molecular weight is 287 g/mol. The van der Waals surface area contributed by atoms with Crippen molar-refractivity contribution in [1.82, 2.24) is 4.57 Å². The average Bonchev–Trinajstić information content (AvgIpc) is 2.48. The van der Waals surface area contributed by atoms with Crippen LogP contribution in [-0.4, -0.2) is 15.6 Å². The molecule has 2 rings (SSSR count). The summed E-state index contributed by atoms with van der Waals surface area (Å²) in [6.07, 6.45) is 1.81. The number of aliphatic carboxylic acids is 1. The maximum absolute atomic E-state index is 12.0. The molecule has 0 spiro atoms. The van der Waals surface area contributed by atoms with Crippen molar-refractivity contribution in [3.63, 3.8) is 0 Å². The van der Waals surface area contributed by atoms with Crippen LogP contribution in [0.4, 0.5) is 0 Å². The maximum Gasteiger partial charge on any atom is 0.326 e. The molecule has 0 aliphatic carbocycles. The molecule has 1 N–H and O–H groups in total. The molecule has 5 heteroatoms. The summed E-state index contributed by atoms with van der Waals surface area (Å²) in [7, 11) is 0. The Morgan fingerprint density at radius 2 is 2.00 bits per heavy atom. The Morgan fingerprint density at radius 3 is 2.57 bits per heavy atom. The molecule has 1 atom stereocenters. The van der Waals surface area contributed by atoms with Gasteiger partial charge in [-0.05, 0) is 18.1 Å². The van der Waals surface area contributed by atoms with Crippen LogP contribution < -0.4 is 10.3 Å². The Hall–Kier alpha value is -2.56. The second kappa shape index (κ2) is 6.74. The minimum atomic E-state index is -1.02. The van der Waals surface area contributed by atoms with Crippen LogP contribution in [0.15, 0.2) is 53.5 Å². The molecule has 110 valence electrons. The third kappa shape index (κ3) is 3.72. The summed E-state index contributed by atoms with van der Waals surface area (Å²) < 4.78 is 6.75. The molecule has 2 aromatic rings. The van der Waals surface area contributed by atoms with E-state index < -0.39 is 12.0 Å². The predicted molar refractivity (Wildman–Crippen MR) is 78.4 cm³/mol. The van der Waals surface area contributed by atoms with E-state index in [0.717, 1.165) is 5.56 Å². The summed E-state index contributed by atoms with van der Waals surface area (Å²) in [6, 6.07) is 11.7. The lowest BCUT2D eigenvalue weighted by Gasteiger charge is -2.14. The monoisotopic (exact) mass is 287 g/mol. The lowest BCUT2D eigenvalue weighted by atomic mass is 10.2. The van der Waals surface area contributed by atoms with Crippen LogP contribution in [-0.2, 0) is 11.4 Å². The first-order valence-corrected chi connectivity index (χ1v) is 6.73. The first-order chi connectivity index (χ1) is 10.1. The molecule has 0 aliphatic heterocycles. The number of pyridine rings is 1. The number of benzene rings is 1. The summed E-state index contributed by atoms with van der Waals surface area (Å²) in [4.78, 5) is 23.1. The topological polar surface area (TPSA) is 68.5 Å². The summed E-state index contributed by atoms with van der Waals surface area (Å²) in [5, 5.41) is 9.08. The molecule has 0 bridgehead atoms. The third-order valence-electron chi connectivity index (χ3n) is 3.18. The van der Waals surface area contributed by atoms with Crippen LogP contribution in [0.5, 0.6) is 5.75 Å². The Bertz CT molecular complexity index is 663. The number of carboxylic acid groups (broad SMARTS) is 1. The molecule has 0 amide bonds. The van der Waals surface area contributed by atoms with E-state index in [1.165, 1.54) is 16.8 Å². The van der Waals surface area contributed by atoms with Crippen LogP contribution in [0.3, 0.4) is 0 Å². The van der Waals surface area contributed by atoms with Crippen molar-refractivity contribution in [2.75, 3.05) is 0 Å². The van der Waals surface area contributed by atoms with Gasteiger partial charge in [0.05, 0.1) is 0 Å². The highest BCUT2D eigenvalue weighted by Gasteiger charge is 2.18. The molecule has 21 heavy (non-hydrogen) atoms. The van der Waals surface area contributed by atoms with Crippen LogP contribution in [0.2, 0.25) is 0 Å². The highest BCUT2D eigenvalue weighted by Crippen LogP contribution is 2.13. The van der Waals surface area contributed by atoms with Crippen molar-refractivity contribution in [3.05, 3.63) is 64.6 Å². The van der Waals surface area contributed by atoms with E-state index in [9.17, 15) is 9.59 Å². The van der Waals surface area contributed by atoms with Crippen molar-refractivity contribution in [1.29, 1.82) is 0 Å². The molecule has 1 heterocycles. The highest BCUT2D eigenvalue weighted by atomic mass is 16.5. The minimum Gasteiger partial charge on any atom is -0.489 e. The number of rotatable bonds is 6. The molecule has 1 aromatic heterocycles. The molecular weight excluding hydrogens is 270 g/mol. The SMILES string of the molecule is CCC(C(=O)O)n1ccc(OCc2ccccc2)cc1=O. The molecule has 1 aromatic carbocycles. The molecule has 0 saturated heterocycles. The van der Waals surface area contributed by atoms with Gasteiger partial charge < -0.3 is 14.4 Å². The zero-order valence-electron chi connectivity index (χ0n) is 11.7. The summed E-state index contributed by atoms with van der Waals surface area (Å²) in [6.45, 7) is 2.09. The van der Waals surface area contributed by atoms with Crippen molar-refractivity contribution >= 4 is 5.97 Å². The predicted octanol–water partition coefficient (Wildman–Crippen LogP) is 2.46. The molecule has 5 nitrogen and oxygen atoms in total. The van der Waals surface area contributed by atoms with Crippen molar-refractivity contribution in [3.8, 4) is 5.75 Å². The van der Waals surface area contributed by atoms with E-state index in [0.29, 0.717) is 18.8 Å². The smallest absolute Gasteiger partial charge is 0.326 e. The van der Waals surface area contributed by atoms with E-state index >= 15 is 0 Å². The summed E-state index contributed by atoms with van der Waals surface area (Å²) in [5.74, 6) is -0.585. The van der Waals surface area contributed by atoms with Crippen LogP contribution in [0.25, 0.3) is 0 Å². The third-order valence-corrected chi connectivity index (χ3v) is 3.18. The van der Waals surface area contributed by atoms with Crippen LogP contribution >= 0.6 is 0 Å². The van der Waals surface area contributed by atoms with Gasteiger partial charge in [-0.3, -0.25) is 4.79 Å². The van der Waals surface area contributed by atoms with E-state index in [4.69, 9.17) is 9.84 Å². The molecule has 0 radical (unpaired) electrons. The van der Waals surface area contributed by atoms with Gasteiger partial charge in [-0.2, -0.15) is 0 Å². The van der Waals surface area contributed by atoms with Gasteiger partial charge in [-0.25, -0.2) is 4.79 Å². The van der Waals surface area contributed by atoms with Crippen molar-refractivity contribution in [2.24, 2.45) is 0 Å². The van der Waals surface area contributed by atoms with E-state index in [-0.39, 0.29) is 5.56 Å². The Morgan fingerprint density at radius 1 is 1.29 bits per heavy atom. The number of ether oxygens (including phenoxy) is 1. The Kier molecular flexibility index (Phi) is 4.77. The second-order valence-corrected chi connectivity index (χ2v) is 4.64. The van der Waals surface area contributed by atoms with Crippen molar-refractivity contribution in [2.45, 2.75) is 26.0 Å². The van der Waals surface area contributed by atoms with Crippen molar-refractivity contribution < 1.29 is 14.6 Å². The normalized spacial score (nSPS) is 11.9. The lowest BCUT2D eigenvalue weighted by molar-refractivity contribution is -0.141. The van der Waals surface area contributed by atoms with Gasteiger partial charge >= 0.3 is 5.97 Å². The zero-order valence-corrected chi connectivity index (χ0v) is 11.7. The van der Waals surface area contributed by atoms with Gasteiger partial charge in [0.15, 0.2) is 0 Å². The molecule has 0 aliphatic rings. The standard InChI is InChI=1S/C16H17NO4/c1-2-14(16(19)20)17-9-8-13(10-15(17)18)21-11-12-6-4-3-5-7-12/h3-10,14H,2,11H2,1H3,(H,19,20). The Balaban J connectivity index is 2.12. The fourth-order valence-corrected chi connectivity index (χ4v) is 2.05. The fraction of sp³-hybridized carbons (Fsp3) is 0.250. The highest BCUT2D eigenvalue weighted by molar-refractivity contribution is 5.71. The van der Waals surface area contributed by atoms with Gasteiger partial charge in [0, 0.05) is 12.3 Å². The Labute approximate surface area is 122 Å². The van der Waals surface area contributed by atoms with E-state index in [1.807, 2.05) is 30.3 Å². The largest absolute Gasteiger partial charge is 0.489 e. The van der Waals surface area contributed by atoms with Gasteiger partial charge in [-0.1, -0.05) is 37.3 Å². The van der Waals surface area contributed by atoms with Crippen LogP contribution in [0.1, 0.15) is 24.9 Å². The summed E-state index contributed by atoms with van der Waals surface area (Å²) in [5.41, 5.74) is 0.619. The van der Waals surface area contributed by atoms with Gasteiger partial charge in [0.2, 0.25) is 0 Å². The molecule has 0 saturated carbocycles. The molecule has 0 fully saturated rings. The number of aromatic nitrogens is 1. The lowest BCUT2D eigenvalue weighted by Crippen LogP contribution is -2.28.